The number of carbonyl (C=O) groups is 1. The first kappa shape index (κ1) is 17.2. The van der Waals surface area contributed by atoms with Gasteiger partial charge >= 0.3 is 0 Å². The highest BCUT2D eigenvalue weighted by Crippen LogP contribution is 2.30. The van der Waals surface area contributed by atoms with Crippen LogP contribution in [-0.4, -0.2) is 35.4 Å². The van der Waals surface area contributed by atoms with Crippen LogP contribution in [0, 0.1) is 0 Å². The Morgan fingerprint density at radius 2 is 1.92 bits per heavy atom. The molecule has 0 aliphatic rings. The number of para-hydroxylation sites is 2. The summed E-state index contributed by atoms with van der Waals surface area (Å²) in [5, 5.41) is 3.67. The van der Waals surface area contributed by atoms with Crippen molar-refractivity contribution in [2.45, 2.75) is 5.16 Å². The first-order chi connectivity index (χ1) is 12.1. The van der Waals surface area contributed by atoms with Crippen LogP contribution in [0.2, 0.25) is 0 Å². The van der Waals surface area contributed by atoms with Crippen molar-refractivity contribution < 1.29 is 14.3 Å². The predicted octanol–water partition coefficient (Wildman–Crippen LogP) is 3.32. The van der Waals surface area contributed by atoms with Crippen molar-refractivity contribution in [3.05, 3.63) is 42.5 Å². The third-order valence-electron chi connectivity index (χ3n) is 3.75. The molecular formula is C18H19N3O3S. The van der Waals surface area contributed by atoms with Crippen molar-refractivity contribution in [1.82, 2.24) is 9.55 Å². The molecule has 2 aromatic carbocycles. The fraction of sp³-hybridized carbons (Fsp3) is 0.222. The molecule has 7 heteroatoms. The number of carbonyl (C=O) groups excluding carboxylic acids is 1. The van der Waals surface area contributed by atoms with Gasteiger partial charge in [0.2, 0.25) is 5.91 Å². The zero-order valence-electron chi connectivity index (χ0n) is 14.3. The molecule has 0 atom stereocenters. The van der Waals surface area contributed by atoms with Gasteiger partial charge in [-0.3, -0.25) is 4.79 Å². The summed E-state index contributed by atoms with van der Waals surface area (Å²) in [6.07, 6.45) is 0. The summed E-state index contributed by atoms with van der Waals surface area (Å²) in [4.78, 5) is 16.8. The number of anilines is 1. The van der Waals surface area contributed by atoms with Crippen molar-refractivity contribution in [3.8, 4) is 11.5 Å². The van der Waals surface area contributed by atoms with E-state index in [9.17, 15) is 4.79 Å². The normalized spacial score (nSPS) is 10.7. The van der Waals surface area contributed by atoms with Crippen LogP contribution in [0.3, 0.4) is 0 Å². The molecular weight excluding hydrogens is 338 g/mol. The lowest BCUT2D eigenvalue weighted by Gasteiger charge is -2.10. The number of aryl methyl sites for hydroxylation is 1. The molecule has 1 N–H and O–H groups in total. The molecule has 0 bridgehead atoms. The molecule has 0 fully saturated rings. The van der Waals surface area contributed by atoms with Gasteiger partial charge in [0.25, 0.3) is 0 Å². The summed E-state index contributed by atoms with van der Waals surface area (Å²) in [5.74, 6) is 1.35. The van der Waals surface area contributed by atoms with Crippen molar-refractivity contribution >= 4 is 34.4 Å². The number of aromatic nitrogens is 2. The molecule has 3 rings (SSSR count). The number of nitrogens with zero attached hydrogens (tertiary/aromatic N) is 2. The molecule has 1 heterocycles. The highest BCUT2D eigenvalue weighted by atomic mass is 32.2. The SMILES string of the molecule is COc1ccc(NC(=O)CSc2nc3ccccc3n2C)cc1OC. The molecule has 6 nitrogen and oxygen atoms in total. The summed E-state index contributed by atoms with van der Waals surface area (Å²) in [5.41, 5.74) is 2.63. The van der Waals surface area contributed by atoms with Crippen LogP contribution in [0.15, 0.2) is 47.6 Å². The summed E-state index contributed by atoms with van der Waals surface area (Å²) in [7, 11) is 5.08. The Bertz CT molecular complexity index is 908. The Labute approximate surface area is 150 Å². The summed E-state index contributed by atoms with van der Waals surface area (Å²) < 4.78 is 12.4. The van der Waals surface area contributed by atoms with Gasteiger partial charge in [-0.2, -0.15) is 0 Å². The minimum absolute atomic E-state index is 0.107. The number of hydrogen-bond donors (Lipinski definition) is 1. The average molecular weight is 357 g/mol. The smallest absolute Gasteiger partial charge is 0.234 e. The molecule has 0 aliphatic heterocycles. The van der Waals surface area contributed by atoms with E-state index in [1.165, 1.54) is 11.8 Å². The van der Waals surface area contributed by atoms with Gasteiger partial charge in [0.15, 0.2) is 16.7 Å². The second kappa shape index (κ2) is 7.48. The summed E-state index contributed by atoms with van der Waals surface area (Å²) >= 11 is 1.40. The number of amides is 1. The summed E-state index contributed by atoms with van der Waals surface area (Å²) in [6, 6.07) is 13.2. The molecule has 25 heavy (non-hydrogen) atoms. The highest BCUT2D eigenvalue weighted by molar-refractivity contribution is 7.99. The second-order valence-electron chi connectivity index (χ2n) is 5.35. The van der Waals surface area contributed by atoms with E-state index < -0.39 is 0 Å². The van der Waals surface area contributed by atoms with E-state index in [-0.39, 0.29) is 11.7 Å². The second-order valence-corrected chi connectivity index (χ2v) is 6.29. The van der Waals surface area contributed by atoms with E-state index in [4.69, 9.17) is 9.47 Å². The lowest BCUT2D eigenvalue weighted by molar-refractivity contribution is -0.113. The fourth-order valence-corrected chi connectivity index (χ4v) is 3.28. The van der Waals surface area contributed by atoms with E-state index in [1.54, 1.807) is 32.4 Å². The number of imidazole rings is 1. The topological polar surface area (TPSA) is 65.4 Å². The molecule has 130 valence electrons. The van der Waals surface area contributed by atoms with E-state index in [1.807, 2.05) is 35.9 Å². The van der Waals surface area contributed by atoms with E-state index in [0.29, 0.717) is 17.2 Å². The number of benzene rings is 2. The summed E-state index contributed by atoms with van der Waals surface area (Å²) in [6.45, 7) is 0. The standard InChI is InChI=1S/C18H19N3O3S/c1-21-14-7-5-4-6-13(14)20-18(21)25-11-17(22)19-12-8-9-15(23-2)16(10-12)24-3/h4-10H,11H2,1-3H3,(H,19,22). The van der Waals surface area contributed by atoms with Crippen LogP contribution in [0.25, 0.3) is 11.0 Å². The van der Waals surface area contributed by atoms with Crippen molar-refractivity contribution in [2.75, 3.05) is 25.3 Å². The van der Waals surface area contributed by atoms with Gasteiger partial charge in [-0.25, -0.2) is 4.98 Å². The van der Waals surface area contributed by atoms with Crippen LogP contribution >= 0.6 is 11.8 Å². The Balaban J connectivity index is 1.65. The van der Waals surface area contributed by atoms with Gasteiger partial charge < -0.3 is 19.4 Å². The molecule has 0 radical (unpaired) electrons. The minimum atomic E-state index is -0.107. The minimum Gasteiger partial charge on any atom is -0.493 e. The molecule has 3 aromatic rings. The van der Waals surface area contributed by atoms with Crippen molar-refractivity contribution in [2.24, 2.45) is 7.05 Å². The van der Waals surface area contributed by atoms with Gasteiger partial charge in [0, 0.05) is 18.8 Å². The van der Waals surface area contributed by atoms with Crippen molar-refractivity contribution in [1.29, 1.82) is 0 Å². The molecule has 0 saturated heterocycles. The van der Waals surface area contributed by atoms with Gasteiger partial charge in [-0.05, 0) is 24.3 Å². The van der Waals surface area contributed by atoms with Crippen LogP contribution in [0.5, 0.6) is 11.5 Å². The largest absolute Gasteiger partial charge is 0.493 e. The third kappa shape index (κ3) is 3.71. The molecule has 0 aliphatic carbocycles. The Kier molecular flexibility index (Phi) is 5.14. The quantitative estimate of drug-likeness (QED) is 0.686. The number of thioether (sulfide) groups is 1. The average Bonchev–Trinajstić information content (AvgIpc) is 2.96. The number of hydrogen-bond acceptors (Lipinski definition) is 5. The molecule has 0 spiro atoms. The van der Waals surface area contributed by atoms with Gasteiger partial charge in [-0.15, -0.1) is 0 Å². The van der Waals surface area contributed by atoms with Crippen LogP contribution in [-0.2, 0) is 11.8 Å². The molecule has 0 saturated carbocycles. The maximum absolute atomic E-state index is 12.2. The van der Waals surface area contributed by atoms with Gasteiger partial charge in [-0.1, -0.05) is 23.9 Å². The van der Waals surface area contributed by atoms with E-state index >= 15 is 0 Å². The lowest BCUT2D eigenvalue weighted by atomic mass is 10.2. The van der Waals surface area contributed by atoms with Crippen LogP contribution in [0.1, 0.15) is 0 Å². The van der Waals surface area contributed by atoms with Crippen molar-refractivity contribution in [3.63, 3.8) is 0 Å². The Morgan fingerprint density at radius 3 is 2.64 bits per heavy atom. The molecule has 1 amide bonds. The van der Waals surface area contributed by atoms with Gasteiger partial charge in [0.1, 0.15) is 0 Å². The number of rotatable bonds is 6. The maximum Gasteiger partial charge on any atom is 0.234 e. The number of nitrogens with one attached hydrogen (secondary N) is 1. The monoisotopic (exact) mass is 357 g/mol. The lowest BCUT2D eigenvalue weighted by Crippen LogP contribution is -2.14. The Morgan fingerprint density at radius 1 is 1.16 bits per heavy atom. The first-order valence-corrected chi connectivity index (χ1v) is 8.67. The highest BCUT2D eigenvalue weighted by Gasteiger charge is 2.11. The molecule has 1 aromatic heterocycles. The Hall–Kier alpha value is -2.67. The van der Waals surface area contributed by atoms with E-state index in [2.05, 4.69) is 10.3 Å². The molecule has 0 unspecified atom stereocenters. The van der Waals surface area contributed by atoms with Crippen LogP contribution < -0.4 is 14.8 Å². The van der Waals surface area contributed by atoms with Gasteiger partial charge in [0.05, 0.1) is 31.0 Å². The fourth-order valence-electron chi connectivity index (χ4n) is 2.49. The maximum atomic E-state index is 12.2. The zero-order valence-corrected chi connectivity index (χ0v) is 15.1. The number of fused-ring (bicyclic) bond motifs is 1. The third-order valence-corrected chi connectivity index (χ3v) is 4.78. The zero-order chi connectivity index (χ0) is 17.8. The number of ether oxygens (including phenoxy) is 2. The first-order valence-electron chi connectivity index (χ1n) is 7.68. The van der Waals surface area contributed by atoms with Crippen LogP contribution in [0.4, 0.5) is 5.69 Å². The number of methoxy groups -OCH3 is 2. The predicted molar refractivity (Wildman–Crippen MR) is 99.6 cm³/mol. The van der Waals surface area contributed by atoms with E-state index in [0.717, 1.165) is 16.2 Å².